The van der Waals surface area contributed by atoms with Crippen molar-refractivity contribution in [1.29, 1.82) is 0 Å². The van der Waals surface area contributed by atoms with Crippen LogP contribution in [0.5, 0.6) is 0 Å². The van der Waals surface area contributed by atoms with Crippen LogP contribution >= 0.6 is 0 Å². The van der Waals surface area contributed by atoms with Gasteiger partial charge in [-0.1, -0.05) is 24.3 Å². The van der Waals surface area contributed by atoms with Crippen LogP contribution < -0.4 is 5.84 Å². The number of nitrogens with zero attached hydrogens (tertiary/aromatic N) is 1. The number of hydrogen-bond donors (Lipinski definition) is 1. The van der Waals surface area contributed by atoms with Crippen LogP contribution in [0.25, 0.3) is 0 Å². The summed E-state index contributed by atoms with van der Waals surface area (Å²) >= 11 is 0. The van der Waals surface area contributed by atoms with Gasteiger partial charge in [0.15, 0.2) is 0 Å². The molecule has 0 heterocycles. The molecular formula is C10H13F3N2. The van der Waals surface area contributed by atoms with Crippen molar-refractivity contribution >= 4 is 0 Å². The summed E-state index contributed by atoms with van der Waals surface area (Å²) in [5.74, 6) is 5.42. The first-order valence-corrected chi connectivity index (χ1v) is 4.47. The van der Waals surface area contributed by atoms with Gasteiger partial charge in [0.25, 0.3) is 0 Å². The van der Waals surface area contributed by atoms with Gasteiger partial charge in [0, 0.05) is 13.6 Å². The molecule has 0 aliphatic heterocycles. The molecule has 5 heteroatoms. The van der Waals surface area contributed by atoms with Crippen LogP contribution in [0.1, 0.15) is 11.1 Å². The fraction of sp³-hybridized carbons (Fsp3) is 0.400. The molecule has 84 valence electrons. The van der Waals surface area contributed by atoms with E-state index in [1.54, 1.807) is 19.2 Å². The van der Waals surface area contributed by atoms with Gasteiger partial charge in [-0.25, -0.2) is 5.01 Å². The summed E-state index contributed by atoms with van der Waals surface area (Å²) in [6.07, 6.45) is -5.03. The Kier molecular flexibility index (Phi) is 3.71. The van der Waals surface area contributed by atoms with E-state index in [0.29, 0.717) is 6.54 Å². The van der Waals surface area contributed by atoms with Crippen LogP contribution in [0.3, 0.4) is 0 Å². The van der Waals surface area contributed by atoms with E-state index >= 15 is 0 Å². The van der Waals surface area contributed by atoms with Gasteiger partial charge >= 0.3 is 6.18 Å². The number of alkyl halides is 3. The lowest BCUT2D eigenvalue weighted by Gasteiger charge is -2.10. The van der Waals surface area contributed by atoms with Crippen LogP contribution in [0.15, 0.2) is 24.3 Å². The minimum absolute atomic E-state index is 0.269. The third-order valence-electron chi connectivity index (χ3n) is 1.86. The van der Waals surface area contributed by atoms with Gasteiger partial charge in [-0.05, 0) is 11.1 Å². The Morgan fingerprint density at radius 2 is 1.60 bits per heavy atom. The smallest absolute Gasteiger partial charge is 0.269 e. The molecule has 0 amide bonds. The first-order valence-electron chi connectivity index (χ1n) is 4.47. The van der Waals surface area contributed by atoms with Crippen molar-refractivity contribution in [1.82, 2.24) is 5.01 Å². The summed E-state index contributed by atoms with van der Waals surface area (Å²) < 4.78 is 36.1. The quantitative estimate of drug-likeness (QED) is 0.621. The molecule has 1 rings (SSSR count). The number of hydrogen-bond acceptors (Lipinski definition) is 2. The number of nitrogens with two attached hydrogens (primary N) is 1. The van der Waals surface area contributed by atoms with E-state index in [-0.39, 0.29) is 5.56 Å². The standard InChI is InChI=1S/C10H13F3N2/c1-15(14)7-9-4-2-8(3-5-9)6-10(11,12)13/h2-5H,6-7,14H2,1H3. The molecule has 2 nitrogen and oxygen atoms in total. The highest BCUT2D eigenvalue weighted by Crippen LogP contribution is 2.21. The third kappa shape index (κ3) is 4.80. The fourth-order valence-electron chi connectivity index (χ4n) is 1.28. The monoisotopic (exact) mass is 218 g/mol. The molecular weight excluding hydrogens is 205 g/mol. The SMILES string of the molecule is CN(N)Cc1ccc(CC(F)(F)F)cc1. The highest BCUT2D eigenvalue weighted by molar-refractivity contribution is 5.23. The molecule has 2 N–H and O–H groups in total. The maximum Gasteiger partial charge on any atom is 0.393 e. The van der Waals surface area contributed by atoms with Crippen LogP contribution in [0, 0.1) is 0 Å². The summed E-state index contributed by atoms with van der Waals surface area (Å²) in [4.78, 5) is 0. The van der Waals surface area contributed by atoms with Crippen LogP contribution in [-0.2, 0) is 13.0 Å². The van der Waals surface area contributed by atoms with E-state index in [4.69, 9.17) is 5.84 Å². The normalized spacial score (nSPS) is 12.1. The zero-order chi connectivity index (χ0) is 11.5. The van der Waals surface area contributed by atoms with E-state index in [0.717, 1.165) is 5.56 Å². The number of benzene rings is 1. The van der Waals surface area contributed by atoms with E-state index < -0.39 is 12.6 Å². The molecule has 0 radical (unpaired) electrons. The number of hydrazine groups is 1. The van der Waals surface area contributed by atoms with Gasteiger partial charge in [0.05, 0.1) is 6.42 Å². The van der Waals surface area contributed by atoms with Crippen molar-refractivity contribution in [2.24, 2.45) is 5.84 Å². The molecule has 1 aromatic carbocycles. The van der Waals surface area contributed by atoms with E-state index in [9.17, 15) is 13.2 Å². The molecule has 0 atom stereocenters. The van der Waals surface area contributed by atoms with Gasteiger partial charge in [-0.2, -0.15) is 13.2 Å². The first-order chi connectivity index (χ1) is 6.87. The van der Waals surface area contributed by atoms with Crippen molar-refractivity contribution in [3.8, 4) is 0 Å². The highest BCUT2D eigenvalue weighted by Gasteiger charge is 2.27. The Morgan fingerprint density at radius 3 is 2.00 bits per heavy atom. The second kappa shape index (κ2) is 4.63. The van der Waals surface area contributed by atoms with Gasteiger partial charge in [0.2, 0.25) is 0 Å². The second-order valence-corrected chi connectivity index (χ2v) is 3.52. The Hall–Kier alpha value is -1.07. The van der Waals surface area contributed by atoms with Gasteiger partial charge in [0.1, 0.15) is 0 Å². The van der Waals surface area contributed by atoms with E-state index in [2.05, 4.69) is 0 Å². The van der Waals surface area contributed by atoms with Gasteiger partial charge in [-0.3, -0.25) is 5.84 Å². The lowest BCUT2D eigenvalue weighted by molar-refractivity contribution is -0.127. The largest absolute Gasteiger partial charge is 0.393 e. The maximum atomic E-state index is 12.0. The van der Waals surface area contributed by atoms with Gasteiger partial charge in [-0.15, -0.1) is 0 Å². The van der Waals surface area contributed by atoms with Crippen LogP contribution in [0.4, 0.5) is 13.2 Å². The zero-order valence-electron chi connectivity index (χ0n) is 8.38. The first kappa shape index (κ1) is 12.0. The molecule has 0 fully saturated rings. The van der Waals surface area contributed by atoms with Crippen molar-refractivity contribution in [3.05, 3.63) is 35.4 Å². The minimum atomic E-state index is -4.15. The molecule has 0 spiro atoms. The summed E-state index contributed by atoms with van der Waals surface area (Å²) in [5, 5.41) is 1.47. The lowest BCUT2D eigenvalue weighted by Crippen LogP contribution is -2.24. The van der Waals surface area contributed by atoms with Crippen LogP contribution in [0.2, 0.25) is 0 Å². The molecule has 0 unspecified atom stereocenters. The minimum Gasteiger partial charge on any atom is -0.269 e. The summed E-state index contributed by atoms with van der Waals surface area (Å²) in [7, 11) is 1.70. The molecule has 1 aromatic rings. The molecule has 0 aromatic heterocycles. The molecule has 15 heavy (non-hydrogen) atoms. The predicted octanol–water partition coefficient (Wildman–Crippen LogP) is 2.10. The Labute approximate surface area is 86.5 Å². The average molecular weight is 218 g/mol. The lowest BCUT2D eigenvalue weighted by atomic mass is 10.1. The Morgan fingerprint density at radius 1 is 1.13 bits per heavy atom. The third-order valence-corrected chi connectivity index (χ3v) is 1.86. The summed E-state index contributed by atoms with van der Waals surface area (Å²) in [6, 6.07) is 6.27. The van der Waals surface area contributed by atoms with E-state index in [1.165, 1.54) is 17.1 Å². The number of rotatable bonds is 3. The topological polar surface area (TPSA) is 29.3 Å². The van der Waals surface area contributed by atoms with E-state index in [1.807, 2.05) is 0 Å². The molecule has 0 saturated carbocycles. The molecule has 0 bridgehead atoms. The number of halogens is 3. The summed E-state index contributed by atoms with van der Waals surface area (Å²) in [6.45, 7) is 0.520. The predicted molar refractivity (Wildman–Crippen MR) is 51.9 cm³/mol. The highest BCUT2D eigenvalue weighted by atomic mass is 19.4. The van der Waals surface area contributed by atoms with Crippen LogP contribution in [-0.4, -0.2) is 18.2 Å². The zero-order valence-corrected chi connectivity index (χ0v) is 8.38. The molecule has 0 aliphatic carbocycles. The average Bonchev–Trinajstić information content (AvgIpc) is 2.05. The van der Waals surface area contributed by atoms with Crippen molar-refractivity contribution in [2.75, 3.05) is 7.05 Å². The maximum absolute atomic E-state index is 12.0. The van der Waals surface area contributed by atoms with Gasteiger partial charge < -0.3 is 0 Å². The van der Waals surface area contributed by atoms with Crippen molar-refractivity contribution in [2.45, 2.75) is 19.1 Å². The fourth-order valence-corrected chi connectivity index (χ4v) is 1.28. The summed E-state index contributed by atoms with van der Waals surface area (Å²) in [5.41, 5.74) is 1.16. The van der Waals surface area contributed by atoms with Crippen molar-refractivity contribution < 1.29 is 13.2 Å². The Balaban J connectivity index is 2.64. The molecule has 0 saturated heterocycles. The van der Waals surface area contributed by atoms with Crippen molar-refractivity contribution in [3.63, 3.8) is 0 Å². The molecule has 0 aliphatic rings. The Bertz CT molecular complexity index is 303. The second-order valence-electron chi connectivity index (χ2n) is 3.52.